The third kappa shape index (κ3) is 3.62. The maximum atomic E-state index is 12.2. The van der Waals surface area contributed by atoms with Gasteiger partial charge in [0.15, 0.2) is 0 Å². The summed E-state index contributed by atoms with van der Waals surface area (Å²) in [5, 5.41) is 5.33. The molecule has 0 aliphatic carbocycles. The Morgan fingerprint density at radius 3 is 3.00 bits per heavy atom. The number of hydrogen-bond acceptors (Lipinski definition) is 5. The number of rotatable bonds is 2. The summed E-state index contributed by atoms with van der Waals surface area (Å²) in [7, 11) is 0. The molecule has 24 heavy (non-hydrogen) atoms. The van der Waals surface area contributed by atoms with E-state index in [0.29, 0.717) is 31.9 Å². The van der Waals surface area contributed by atoms with Crippen molar-refractivity contribution < 1.29 is 14.3 Å². The van der Waals surface area contributed by atoms with Gasteiger partial charge in [0.25, 0.3) is 0 Å². The first-order valence-electron chi connectivity index (χ1n) is 8.13. The van der Waals surface area contributed by atoms with E-state index < -0.39 is 5.60 Å². The van der Waals surface area contributed by atoms with E-state index in [1.807, 2.05) is 43.7 Å². The zero-order valence-corrected chi connectivity index (χ0v) is 14.4. The molecule has 1 saturated heterocycles. The summed E-state index contributed by atoms with van der Waals surface area (Å²) >= 11 is 0. The first-order chi connectivity index (χ1) is 11.3. The number of ether oxygens (including phenoxy) is 2. The van der Waals surface area contributed by atoms with Crippen molar-refractivity contribution in [2.24, 2.45) is 0 Å². The van der Waals surface area contributed by atoms with Crippen LogP contribution in [0.5, 0.6) is 0 Å². The molecular weight excluding hydrogens is 308 g/mol. The number of nitrogen functional groups attached to an aromatic ring is 1. The molecule has 1 aromatic carbocycles. The molecule has 1 aliphatic rings. The standard InChI is InChI=1S/C17H24N4O3/c1-17(2,3)24-16(22)20-7-8-23-12(10-20)11-21-15-6-4-5-14(18)13(15)9-19-21/h4-6,9,12H,7-8,10-11,18H2,1-3H3. The molecule has 1 amide bonds. The molecule has 3 rings (SSSR count). The normalized spacial score (nSPS) is 18.8. The SMILES string of the molecule is CC(C)(C)OC(=O)N1CCOC(Cn2ncc3c(N)cccc32)C1. The lowest BCUT2D eigenvalue weighted by Gasteiger charge is -2.34. The molecule has 2 N–H and O–H groups in total. The number of carbonyl (C=O) groups excluding carboxylic acids is 1. The second-order valence-corrected chi connectivity index (χ2v) is 7.03. The molecule has 0 spiro atoms. The van der Waals surface area contributed by atoms with Crippen molar-refractivity contribution in [2.45, 2.75) is 39.0 Å². The van der Waals surface area contributed by atoms with Crippen LogP contribution in [0.15, 0.2) is 24.4 Å². The number of aromatic nitrogens is 2. The van der Waals surface area contributed by atoms with Crippen LogP contribution in [0.1, 0.15) is 20.8 Å². The van der Waals surface area contributed by atoms with Gasteiger partial charge in [0, 0.05) is 17.6 Å². The van der Waals surface area contributed by atoms with E-state index in [4.69, 9.17) is 15.2 Å². The van der Waals surface area contributed by atoms with Crippen LogP contribution in [-0.4, -0.2) is 52.2 Å². The summed E-state index contributed by atoms with van der Waals surface area (Å²) in [5.41, 5.74) is 7.14. The highest BCUT2D eigenvalue weighted by Gasteiger charge is 2.28. The number of benzene rings is 1. The number of carbonyl (C=O) groups is 1. The van der Waals surface area contributed by atoms with Gasteiger partial charge >= 0.3 is 6.09 Å². The van der Waals surface area contributed by atoms with Crippen molar-refractivity contribution >= 4 is 22.7 Å². The second kappa shape index (κ2) is 6.32. The van der Waals surface area contributed by atoms with E-state index in [-0.39, 0.29) is 12.2 Å². The zero-order valence-electron chi connectivity index (χ0n) is 14.4. The lowest BCUT2D eigenvalue weighted by Crippen LogP contribution is -2.48. The van der Waals surface area contributed by atoms with Crippen LogP contribution in [0.25, 0.3) is 10.9 Å². The van der Waals surface area contributed by atoms with Gasteiger partial charge in [0.2, 0.25) is 0 Å². The highest BCUT2D eigenvalue weighted by Crippen LogP contribution is 2.21. The Morgan fingerprint density at radius 2 is 2.25 bits per heavy atom. The van der Waals surface area contributed by atoms with E-state index in [9.17, 15) is 4.79 Å². The van der Waals surface area contributed by atoms with Gasteiger partial charge in [-0.05, 0) is 32.9 Å². The molecule has 1 fully saturated rings. The minimum absolute atomic E-state index is 0.129. The van der Waals surface area contributed by atoms with Crippen molar-refractivity contribution in [3.8, 4) is 0 Å². The molecule has 1 atom stereocenters. The van der Waals surface area contributed by atoms with Gasteiger partial charge in [-0.2, -0.15) is 5.10 Å². The van der Waals surface area contributed by atoms with E-state index >= 15 is 0 Å². The van der Waals surface area contributed by atoms with Crippen molar-refractivity contribution in [2.75, 3.05) is 25.4 Å². The molecule has 0 radical (unpaired) electrons. The molecule has 1 aliphatic heterocycles. The van der Waals surface area contributed by atoms with E-state index in [1.54, 1.807) is 11.1 Å². The Morgan fingerprint density at radius 1 is 1.46 bits per heavy atom. The minimum Gasteiger partial charge on any atom is -0.444 e. The summed E-state index contributed by atoms with van der Waals surface area (Å²) in [6, 6.07) is 5.74. The molecule has 0 saturated carbocycles. The van der Waals surface area contributed by atoms with Crippen LogP contribution >= 0.6 is 0 Å². The fourth-order valence-corrected chi connectivity index (χ4v) is 2.79. The quantitative estimate of drug-likeness (QED) is 0.853. The topological polar surface area (TPSA) is 82.6 Å². The molecular formula is C17H24N4O3. The van der Waals surface area contributed by atoms with Gasteiger partial charge in [-0.3, -0.25) is 4.68 Å². The average Bonchev–Trinajstić information content (AvgIpc) is 2.90. The molecule has 130 valence electrons. The molecule has 7 nitrogen and oxygen atoms in total. The van der Waals surface area contributed by atoms with Gasteiger partial charge in [-0.1, -0.05) is 6.07 Å². The molecule has 0 bridgehead atoms. The third-order valence-corrected chi connectivity index (χ3v) is 3.89. The number of hydrogen-bond donors (Lipinski definition) is 1. The summed E-state index contributed by atoms with van der Waals surface area (Å²) in [5.74, 6) is 0. The van der Waals surface area contributed by atoms with Gasteiger partial charge in [-0.25, -0.2) is 4.79 Å². The van der Waals surface area contributed by atoms with E-state index in [2.05, 4.69) is 5.10 Å². The Balaban J connectivity index is 1.69. The number of nitrogens with zero attached hydrogens (tertiary/aromatic N) is 3. The second-order valence-electron chi connectivity index (χ2n) is 7.03. The number of fused-ring (bicyclic) bond motifs is 1. The lowest BCUT2D eigenvalue weighted by atomic mass is 10.2. The zero-order chi connectivity index (χ0) is 17.3. The van der Waals surface area contributed by atoms with Crippen molar-refractivity contribution in [1.82, 2.24) is 14.7 Å². The summed E-state index contributed by atoms with van der Waals surface area (Å²) in [6.07, 6.45) is 1.33. The van der Waals surface area contributed by atoms with E-state index in [1.165, 1.54) is 0 Å². The number of nitrogens with two attached hydrogens (primary N) is 1. The van der Waals surface area contributed by atoms with Gasteiger partial charge < -0.3 is 20.1 Å². The lowest BCUT2D eigenvalue weighted by molar-refractivity contribution is -0.0479. The number of amides is 1. The predicted molar refractivity (Wildman–Crippen MR) is 91.7 cm³/mol. The summed E-state index contributed by atoms with van der Waals surface area (Å²) < 4.78 is 13.1. The number of morpholine rings is 1. The van der Waals surface area contributed by atoms with Crippen LogP contribution in [0.3, 0.4) is 0 Å². The fourth-order valence-electron chi connectivity index (χ4n) is 2.79. The first kappa shape index (κ1) is 16.6. The van der Waals surface area contributed by atoms with Crippen molar-refractivity contribution in [3.05, 3.63) is 24.4 Å². The molecule has 2 aromatic rings. The predicted octanol–water partition coefficient (Wildman–Crippen LogP) is 2.25. The Hall–Kier alpha value is -2.28. The Kier molecular flexibility index (Phi) is 4.36. The highest BCUT2D eigenvalue weighted by atomic mass is 16.6. The van der Waals surface area contributed by atoms with Gasteiger partial charge in [-0.15, -0.1) is 0 Å². The Bertz CT molecular complexity index is 735. The van der Waals surface area contributed by atoms with Crippen LogP contribution < -0.4 is 5.73 Å². The van der Waals surface area contributed by atoms with Crippen LogP contribution in [0.2, 0.25) is 0 Å². The van der Waals surface area contributed by atoms with Crippen LogP contribution in [0, 0.1) is 0 Å². The summed E-state index contributed by atoms with van der Waals surface area (Å²) in [4.78, 5) is 13.9. The maximum Gasteiger partial charge on any atom is 0.410 e. The third-order valence-electron chi connectivity index (χ3n) is 3.89. The van der Waals surface area contributed by atoms with Crippen molar-refractivity contribution in [1.29, 1.82) is 0 Å². The highest BCUT2D eigenvalue weighted by molar-refractivity contribution is 5.90. The largest absolute Gasteiger partial charge is 0.444 e. The molecule has 2 heterocycles. The van der Waals surface area contributed by atoms with Crippen molar-refractivity contribution in [3.63, 3.8) is 0 Å². The number of anilines is 1. The monoisotopic (exact) mass is 332 g/mol. The van der Waals surface area contributed by atoms with Gasteiger partial charge in [0.1, 0.15) is 5.60 Å². The van der Waals surface area contributed by atoms with Crippen LogP contribution in [-0.2, 0) is 16.0 Å². The molecule has 7 heteroatoms. The molecule has 1 unspecified atom stereocenters. The van der Waals surface area contributed by atoms with Crippen LogP contribution in [0.4, 0.5) is 10.5 Å². The minimum atomic E-state index is -0.499. The Labute approximate surface area is 141 Å². The smallest absolute Gasteiger partial charge is 0.410 e. The summed E-state index contributed by atoms with van der Waals surface area (Å²) in [6.45, 7) is 7.67. The van der Waals surface area contributed by atoms with Gasteiger partial charge in [0.05, 0.1) is 37.5 Å². The maximum absolute atomic E-state index is 12.2. The van der Waals surface area contributed by atoms with E-state index in [0.717, 1.165) is 10.9 Å². The first-order valence-corrected chi connectivity index (χ1v) is 8.13. The fraction of sp³-hybridized carbons (Fsp3) is 0.529. The molecule has 1 aromatic heterocycles. The average molecular weight is 332 g/mol.